The molecule has 0 bridgehead atoms. The van der Waals surface area contributed by atoms with E-state index in [1.807, 2.05) is 0 Å². The van der Waals surface area contributed by atoms with Crippen molar-refractivity contribution in [2.24, 2.45) is 5.92 Å². The smallest absolute Gasteiger partial charge is 0.0561 e. The van der Waals surface area contributed by atoms with Crippen LogP contribution in [0.3, 0.4) is 0 Å². The van der Waals surface area contributed by atoms with E-state index >= 15 is 0 Å². The van der Waals surface area contributed by atoms with E-state index in [-0.39, 0.29) is 0 Å². The van der Waals surface area contributed by atoms with E-state index in [9.17, 15) is 0 Å². The molecule has 0 N–H and O–H groups in total. The Kier molecular flexibility index (Phi) is 2.03. The van der Waals surface area contributed by atoms with Gasteiger partial charge in [-0.15, -0.1) is 11.8 Å². The van der Waals surface area contributed by atoms with Gasteiger partial charge in [-0.05, 0) is 38.1 Å². The fourth-order valence-corrected chi connectivity index (χ4v) is 5.05. The van der Waals surface area contributed by atoms with Crippen molar-refractivity contribution in [3.63, 3.8) is 0 Å². The standard InChI is InChI=1S/C12H17NS/c1-13-8-5-10-6-9-14-12(10)7-3-2-4-11(12)13/h2-4,7,10-11H,5-6,8-9H2,1H3. The van der Waals surface area contributed by atoms with E-state index in [1.165, 1.54) is 25.1 Å². The molecule has 3 atom stereocenters. The molecule has 2 heterocycles. The third kappa shape index (κ3) is 1.07. The molecular formula is C12H17NS. The van der Waals surface area contributed by atoms with Crippen LogP contribution in [0.4, 0.5) is 0 Å². The number of allylic oxidation sites excluding steroid dienone is 2. The third-order valence-electron chi connectivity index (χ3n) is 3.99. The molecule has 2 heteroatoms. The van der Waals surface area contributed by atoms with Crippen molar-refractivity contribution in [2.45, 2.75) is 23.6 Å². The molecule has 0 saturated carbocycles. The molecule has 0 radical (unpaired) electrons. The van der Waals surface area contributed by atoms with E-state index in [1.54, 1.807) is 0 Å². The van der Waals surface area contributed by atoms with Gasteiger partial charge >= 0.3 is 0 Å². The summed E-state index contributed by atoms with van der Waals surface area (Å²) < 4.78 is 0.432. The molecule has 3 unspecified atom stereocenters. The largest absolute Gasteiger partial charge is 0.298 e. The molecule has 0 amide bonds. The highest BCUT2D eigenvalue weighted by Gasteiger charge is 2.50. The maximum Gasteiger partial charge on any atom is 0.0561 e. The van der Waals surface area contributed by atoms with Gasteiger partial charge in [0.1, 0.15) is 0 Å². The number of hydrogen-bond acceptors (Lipinski definition) is 2. The van der Waals surface area contributed by atoms with E-state index in [2.05, 4.69) is 48.0 Å². The summed E-state index contributed by atoms with van der Waals surface area (Å²) in [5.74, 6) is 2.28. The monoisotopic (exact) mass is 207 g/mol. The minimum Gasteiger partial charge on any atom is -0.298 e. The van der Waals surface area contributed by atoms with Gasteiger partial charge in [0.15, 0.2) is 0 Å². The lowest BCUT2D eigenvalue weighted by atomic mass is 9.76. The molecule has 2 saturated heterocycles. The first-order chi connectivity index (χ1) is 6.83. The molecule has 3 rings (SSSR count). The van der Waals surface area contributed by atoms with Gasteiger partial charge in [0.25, 0.3) is 0 Å². The van der Waals surface area contributed by atoms with Crippen LogP contribution in [-0.2, 0) is 0 Å². The minimum atomic E-state index is 0.432. The van der Waals surface area contributed by atoms with Crippen LogP contribution in [0.5, 0.6) is 0 Å². The van der Waals surface area contributed by atoms with Crippen molar-refractivity contribution >= 4 is 11.8 Å². The lowest BCUT2D eigenvalue weighted by molar-refractivity contribution is 0.150. The topological polar surface area (TPSA) is 3.24 Å². The Labute approximate surface area is 90.2 Å². The molecule has 3 aliphatic rings. The molecule has 1 aliphatic carbocycles. The normalized spacial score (nSPS) is 46.4. The van der Waals surface area contributed by atoms with Crippen LogP contribution in [0.25, 0.3) is 0 Å². The minimum absolute atomic E-state index is 0.432. The average molecular weight is 207 g/mol. The summed E-state index contributed by atoms with van der Waals surface area (Å²) in [5.41, 5.74) is 0. The van der Waals surface area contributed by atoms with Crippen LogP contribution in [0.2, 0.25) is 0 Å². The molecule has 1 nitrogen and oxygen atoms in total. The highest BCUT2D eigenvalue weighted by Crippen LogP contribution is 2.52. The second-order valence-electron chi connectivity index (χ2n) is 4.65. The van der Waals surface area contributed by atoms with Crippen molar-refractivity contribution in [1.29, 1.82) is 0 Å². The zero-order chi connectivity index (χ0) is 9.60. The first kappa shape index (κ1) is 9.05. The van der Waals surface area contributed by atoms with E-state index in [0.717, 1.165) is 5.92 Å². The zero-order valence-electron chi connectivity index (χ0n) is 8.65. The van der Waals surface area contributed by atoms with Gasteiger partial charge < -0.3 is 0 Å². The number of rotatable bonds is 0. The second kappa shape index (κ2) is 3.14. The highest BCUT2D eigenvalue weighted by atomic mass is 32.2. The summed E-state index contributed by atoms with van der Waals surface area (Å²) in [4.78, 5) is 2.52. The van der Waals surface area contributed by atoms with E-state index in [4.69, 9.17) is 0 Å². The lowest BCUT2D eigenvalue weighted by Gasteiger charge is -2.48. The van der Waals surface area contributed by atoms with Crippen molar-refractivity contribution < 1.29 is 0 Å². The molecule has 2 aliphatic heterocycles. The Balaban J connectivity index is 2.02. The van der Waals surface area contributed by atoms with Gasteiger partial charge in [0.05, 0.1) is 4.75 Å². The molecule has 1 spiro atoms. The van der Waals surface area contributed by atoms with Gasteiger partial charge in [-0.3, -0.25) is 4.90 Å². The van der Waals surface area contributed by atoms with Gasteiger partial charge in [-0.1, -0.05) is 24.3 Å². The molecule has 2 fully saturated rings. The van der Waals surface area contributed by atoms with Gasteiger partial charge in [0, 0.05) is 6.04 Å². The molecule has 0 aromatic heterocycles. The summed E-state index contributed by atoms with van der Waals surface area (Å²) in [6.45, 7) is 1.27. The number of thioether (sulfide) groups is 1. The Morgan fingerprint density at radius 1 is 1.36 bits per heavy atom. The maximum atomic E-state index is 2.52. The molecule has 76 valence electrons. The SMILES string of the molecule is CN1CCC2CCSC23C=CC=CC13. The van der Waals surface area contributed by atoms with Crippen LogP contribution in [0.1, 0.15) is 12.8 Å². The van der Waals surface area contributed by atoms with Crippen LogP contribution < -0.4 is 0 Å². The summed E-state index contributed by atoms with van der Waals surface area (Å²) >= 11 is 2.18. The Morgan fingerprint density at radius 3 is 3.21 bits per heavy atom. The van der Waals surface area contributed by atoms with Crippen molar-refractivity contribution in [3.05, 3.63) is 24.3 Å². The molecular weight excluding hydrogens is 190 g/mol. The number of likely N-dealkylation sites (N-methyl/N-ethyl adjacent to an activating group) is 1. The first-order valence-corrected chi connectivity index (χ1v) is 6.52. The van der Waals surface area contributed by atoms with Gasteiger partial charge in [0.2, 0.25) is 0 Å². The molecule has 0 aromatic rings. The van der Waals surface area contributed by atoms with Crippen LogP contribution in [0, 0.1) is 5.92 Å². The van der Waals surface area contributed by atoms with Crippen molar-refractivity contribution in [1.82, 2.24) is 4.90 Å². The summed E-state index contributed by atoms with van der Waals surface area (Å²) in [7, 11) is 2.27. The summed E-state index contributed by atoms with van der Waals surface area (Å²) in [5, 5.41) is 0. The van der Waals surface area contributed by atoms with Crippen molar-refractivity contribution in [3.8, 4) is 0 Å². The highest BCUT2D eigenvalue weighted by molar-refractivity contribution is 8.01. The molecule has 0 aromatic carbocycles. The average Bonchev–Trinajstić information content (AvgIpc) is 2.61. The number of nitrogens with zero attached hydrogens (tertiary/aromatic N) is 1. The Bertz CT molecular complexity index is 297. The summed E-state index contributed by atoms with van der Waals surface area (Å²) in [6, 6.07) is 0.652. The van der Waals surface area contributed by atoms with E-state index in [0.29, 0.717) is 10.8 Å². The van der Waals surface area contributed by atoms with Crippen LogP contribution in [-0.4, -0.2) is 35.0 Å². The van der Waals surface area contributed by atoms with Gasteiger partial charge in [-0.25, -0.2) is 0 Å². The van der Waals surface area contributed by atoms with Crippen LogP contribution >= 0.6 is 11.8 Å². The fraction of sp³-hybridized carbons (Fsp3) is 0.667. The lowest BCUT2D eigenvalue weighted by Crippen LogP contribution is -2.55. The maximum absolute atomic E-state index is 2.52. The summed E-state index contributed by atoms with van der Waals surface area (Å²) in [6.07, 6.45) is 12.1. The Morgan fingerprint density at radius 2 is 2.29 bits per heavy atom. The van der Waals surface area contributed by atoms with Gasteiger partial charge in [-0.2, -0.15) is 0 Å². The second-order valence-corrected chi connectivity index (χ2v) is 6.05. The fourth-order valence-electron chi connectivity index (χ4n) is 3.22. The zero-order valence-corrected chi connectivity index (χ0v) is 9.46. The third-order valence-corrected chi connectivity index (χ3v) is 5.64. The number of piperidine rings is 1. The Hall–Kier alpha value is -0.210. The molecule has 14 heavy (non-hydrogen) atoms. The predicted octanol–water partition coefficient (Wildman–Crippen LogP) is 2.31. The number of likely N-dealkylation sites (tertiary alicyclic amines) is 1. The van der Waals surface area contributed by atoms with Crippen LogP contribution in [0.15, 0.2) is 24.3 Å². The quantitative estimate of drug-likeness (QED) is 0.599. The number of hydrogen-bond donors (Lipinski definition) is 0. The predicted molar refractivity (Wildman–Crippen MR) is 62.6 cm³/mol. The van der Waals surface area contributed by atoms with E-state index < -0.39 is 0 Å². The first-order valence-electron chi connectivity index (χ1n) is 5.53. The van der Waals surface area contributed by atoms with Crippen molar-refractivity contribution in [2.75, 3.05) is 19.3 Å².